The molecule has 1 unspecified atom stereocenters. The molecule has 0 fully saturated rings. The van der Waals surface area contributed by atoms with E-state index < -0.39 is 11.6 Å². The minimum Gasteiger partial charge on any atom is -0.377 e. The predicted molar refractivity (Wildman–Crippen MR) is 70.3 cm³/mol. The summed E-state index contributed by atoms with van der Waals surface area (Å²) >= 11 is 3.23. The molecule has 0 spiro atoms. The van der Waals surface area contributed by atoms with E-state index >= 15 is 0 Å². The quantitative estimate of drug-likeness (QED) is 0.855. The standard InChI is InChI=1S/C13H11BrF2N2/c1-8(11-6-9(15)2-4-12(11)16)18-10-3-5-13(14)17-7-10/h2-8,18H,1H3. The van der Waals surface area contributed by atoms with Gasteiger partial charge in [0.05, 0.1) is 17.9 Å². The van der Waals surface area contributed by atoms with Crippen LogP contribution in [0.2, 0.25) is 0 Å². The number of hydrogen-bond acceptors (Lipinski definition) is 2. The van der Waals surface area contributed by atoms with E-state index in [1.54, 1.807) is 19.2 Å². The Morgan fingerprint density at radius 3 is 2.67 bits per heavy atom. The second-order valence-electron chi connectivity index (χ2n) is 3.90. The zero-order valence-electron chi connectivity index (χ0n) is 9.62. The highest BCUT2D eigenvalue weighted by Gasteiger charge is 2.11. The van der Waals surface area contributed by atoms with Crippen molar-refractivity contribution in [3.05, 3.63) is 58.3 Å². The number of nitrogens with one attached hydrogen (secondary N) is 1. The highest BCUT2D eigenvalue weighted by molar-refractivity contribution is 9.10. The Kier molecular flexibility index (Phi) is 3.91. The third-order valence-corrected chi connectivity index (χ3v) is 3.00. The van der Waals surface area contributed by atoms with Gasteiger partial charge in [-0.2, -0.15) is 0 Å². The third-order valence-electron chi connectivity index (χ3n) is 2.54. The minimum absolute atomic E-state index is 0.290. The Hall–Kier alpha value is -1.49. The number of benzene rings is 1. The van der Waals surface area contributed by atoms with Crippen LogP contribution in [0.3, 0.4) is 0 Å². The van der Waals surface area contributed by atoms with Crippen molar-refractivity contribution in [1.82, 2.24) is 4.98 Å². The lowest BCUT2D eigenvalue weighted by atomic mass is 10.1. The molecular weight excluding hydrogens is 302 g/mol. The third kappa shape index (κ3) is 3.04. The molecule has 0 aliphatic carbocycles. The van der Waals surface area contributed by atoms with Crippen LogP contribution in [0.1, 0.15) is 18.5 Å². The van der Waals surface area contributed by atoms with Crippen molar-refractivity contribution in [1.29, 1.82) is 0 Å². The topological polar surface area (TPSA) is 24.9 Å². The first-order valence-electron chi connectivity index (χ1n) is 5.39. The minimum atomic E-state index is -0.450. The molecule has 1 aromatic carbocycles. The fourth-order valence-corrected chi connectivity index (χ4v) is 1.87. The monoisotopic (exact) mass is 312 g/mol. The lowest BCUT2D eigenvalue weighted by Crippen LogP contribution is -2.09. The first-order valence-corrected chi connectivity index (χ1v) is 6.18. The number of aromatic nitrogens is 1. The maximum absolute atomic E-state index is 13.6. The van der Waals surface area contributed by atoms with Crippen molar-refractivity contribution in [3.8, 4) is 0 Å². The lowest BCUT2D eigenvalue weighted by molar-refractivity contribution is 0.577. The fourth-order valence-electron chi connectivity index (χ4n) is 1.64. The summed E-state index contributed by atoms with van der Waals surface area (Å²) in [4.78, 5) is 4.05. The fraction of sp³-hybridized carbons (Fsp3) is 0.154. The number of rotatable bonds is 3. The van der Waals surface area contributed by atoms with Gasteiger partial charge in [0.2, 0.25) is 0 Å². The smallest absolute Gasteiger partial charge is 0.128 e. The van der Waals surface area contributed by atoms with Gasteiger partial charge in [0.25, 0.3) is 0 Å². The van der Waals surface area contributed by atoms with E-state index in [1.165, 1.54) is 6.07 Å². The number of hydrogen-bond donors (Lipinski definition) is 1. The van der Waals surface area contributed by atoms with Gasteiger partial charge < -0.3 is 5.32 Å². The largest absolute Gasteiger partial charge is 0.377 e. The molecular formula is C13H11BrF2N2. The second kappa shape index (κ2) is 5.44. The molecule has 1 atom stereocenters. The summed E-state index contributed by atoms with van der Waals surface area (Å²) < 4.78 is 27.4. The summed E-state index contributed by atoms with van der Waals surface area (Å²) in [6.45, 7) is 1.76. The van der Waals surface area contributed by atoms with Crippen molar-refractivity contribution >= 4 is 21.6 Å². The molecule has 0 radical (unpaired) electrons. The zero-order valence-corrected chi connectivity index (χ0v) is 11.2. The summed E-state index contributed by atoms with van der Waals surface area (Å²) in [5.41, 5.74) is 1.03. The molecule has 0 aliphatic rings. The van der Waals surface area contributed by atoms with Gasteiger partial charge in [0.1, 0.15) is 16.2 Å². The summed E-state index contributed by atoms with van der Waals surface area (Å²) in [6.07, 6.45) is 1.62. The van der Waals surface area contributed by atoms with E-state index in [1.807, 2.05) is 6.07 Å². The van der Waals surface area contributed by atoms with Crippen LogP contribution >= 0.6 is 15.9 Å². The van der Waals surface area contributed by atoms with Crippen LogP contribution in [0.15, 0.2) is 41.1 Å². The summed E-state index contributed by atoms with van der Waals surface area (Å²) in [5, 5.41) is 3.06. The van der Waals surface area contributed by atoms with E-state index in [0.717, 1.165) is 22.4 Å². The molecule has 94 valence electrons. The molecule has 2 rings (SSSR count). The van der Waals surface area contributed by atoms with Gasteiger partial charge in [-0.15, -0.1) is 0 Å². The number of halogens is 3. The highest BCUT2D eigenvalue weighted by Crippen LogP contribution is 2.22. The molecule has 18 heavy (non-hydrogen) atoms. The van der Waals surface area contributed by atoms with Gasteiger partial charge in [0, 0.05) is 5.56 Å². The van der Waals surface area contributed by atoms with E-state index in [-0.39, 0.29) is 11.6 Å². The normalized spacial score (nSPS) is 12.2. The van der Waals surface area contributed by atoms with E-state index in [9.17, 15) is 8.78 Å². The molecule has 0 saturated carbocycles. The Bertz CT molecular complexity index is 543. The van der Waals surface area contributed by atoms with Gasteiger partial charge in [-0.1, -0.05) is 0 Å². The lowest BCUT2D eigenvalue weighted by Gasteiger charge is -2.16. The van der Waals surface area contributed by atoms with Crippen LogP contribution < -0.4 is 5.32 Å². The van der Waals surface area contributed by atoms with Crippen molar-refractivity contribution in [3.63, 3.8) is 0 Å². The van der Waals surface area contributed by atoms with Gasteiger partial charge in [0.15, 0.2) is 0 Å². The van der Waals surface area contributed by atoms with Crippen LogP contribution in [0.25, 0.3) is 0 Å². The zero-order chi connectivity index (χ0) is 13.1. The maximum atomic E-state index is 13.6. The van der Waals surface area contributed by atoms with Crippen molar-refractivity contribution in [2.45, 2.75) is 13.0 Å². The van der Waals surface area contributed by atoms with Crippen LogP contribution in [0.5, 0.6) is 0 Å². The second-order valence-corrected chi connectivity index (χ2v) is 4.71. The molecule has 2 nitrogen and oxygen atoms in total. The Morgan fingerprint density at radius 2 is 2.00 bits per heavy atom. The van der Waals surface area contributed by atoms with Gasteiger partial charge in [-0.3, -0.25) is 0 Å². The van der Waals surface area contributed by atoms with Crippen LogP contribution in [0, 0.1) is 11.6 Å². The average Bonchev–Trinajstić information content (AvgIpc) is 2.35. The van der Waals surface area contributed by atoms with Crippen molar-refractivity contribution in [2.24, 2.45) is 0 Å². The van der Waals surface area contributed by atoms with E-state index in [2.05, 4.69) is 26.2 Å². The molecule has 0 amide bonds. The molecule has 5 heteroatoms. The predicted octanol–water partition coefficient (Wildman–Crippen LogP) is 4.30. The van der Waals surface area contributed by atoms with Crippen molar-refractivity contribution in [2.75, 3.05) is 5.32 Å². The maximum Gasteiger partial charge on any atom is 0.128 e. The van der Waals surface area contributed by atoms with Crippen LogP contribution in [-0.4, -0.2) is 4.98 Å². The average molecular weight is 313 g/mol. The Morgan fingerprint density at radius 1 is 1.22 bits per heavy atom. The van der Waals surface area contributed by atoms with Crippen molar-refractivity contribution < 1.29 is 8.78 Å². The van der Waals surface area contributed by atoms with Gasteiger partial charge >= 0.3 is 0 Å². The highest BCUT2D eigenvalue weighted by atomic mass is 79.9. The molecule has 1 N–H and O–H groups in total. The summed E-state index contributed by atoms with van der Waals surface area (Å²) in [5.74, 6) is -0.879. The van der Waals surface area contributed by atoms with E-state index in [0.29, 0.717) is 0 Å². The molecule has 1 aromatic heterocycles. The Balaban J connectivity index is 2.18. The van der Waals surface area contributed by atoms with Gasteiger partial charge in [-0.25, -0.2) is 13.8 Å². The summed E-state index contributed by atoms with van der Waals surface area (Å²) in [6, 6.07) is 6.67. The first kappa shape index (κ1) is 13.0. The van der Waals surface area contributed by atoms with Gasteiger partial charge in [-0.05, 0) is 53.2 Å². The Labute approximate surface area is 112 Å². The first-order chi connectivity index (χ1) is 8.56. The summed E-state index contributed by atoms with van der Waals surface area (Å²) in [7, 11) is 0. The molecule has 0 aliphatic heterocycles. The number of pyridine rings is 1. The van der Waals surface area contributed by atoms with Crippen LogP contribution in [0.4, 0.5) is 14.5 Å². The number of nitrogens with zero attached hydrogens (tertiary/aromatic N) is 1. The molecule has 1 heterocycles. The molecule has 2 aromatic rings. The van der Waals surface area contributed by atoms with E-state index in [4.69, 9.17) is 0 Å². The SMILES string of the molecule is CC(Nc1ccc(Br)nc1)c1cc(F)ccc1F. The number of anilines is 1. The molecule has 0 saturated heterocycles. The van der Waals surface area contributed by atoms with Crippen LogP contribution in [-0.2, 0) is 0 Å². The molecule has 0 bridgehead atoms.